The Labute approximate surface area is 119 Å². The average Bonchev–Trinajstić information content (AvgIpc) is 2.96. The summed E-state index contributed by atoms with van der Waals surface area (Å²) >= 11 is 0. The minimum atomic E-state index is 0.411. The molecule has 0 radical (unpaired) electrons. The maximum atomic E-state index is 5.81. The number of hydrogen-bond donors (Lipinski definition) is 1. The summed E-state index contributed by atoms with van der Waals surface area (Å²) in [6.45, 7) is 3.79. The fourth-order valence-electron chi connectivity index (χ4n) is 2.82. The molecule has 1 aromatic carbocycles. The summed E-state index contributed by atoms with van der Waals surface area (Å²) in [5.41, 5.74) is 9.07. The van der Waals surface area contributed by atoms with Gasteiger partial charge in [0.25, 0.3) is 0 Å². The van der Waals surface area contributed by atoms with Crippen LogP contribution in [0, 0.1) is 6.92 Å². The molecule has 0 aliphatic carbocycles. The SMILES string of the molecule is Cc1cccc(-c2ccc(N3CCCC3CN)nn2)c1. The third kappa shape index (κ3) is 2.51. The Kier molecular flexibility index (Phi) is 3.65. The Bertz CT molecular complexity index is 579. The largest absolute Gasteiger partial charge is 0.351 e. The highest BCUT2D eigenvalue weighted by molar-refractivity contribution is 5.60. The number of benzene rings is 1. The summed E-state index contributed by atoms with van der Waals surface area (Å²) in [5.74, 6) is 0.939. The fraction of sp³-hybridized carbons (Fsp3) is 0.375. The summed E-state index contributed by atoms with van der Waals surface area (Å²) in [6, 6.07) is 12.8. The summed E-state index contributed by atoms with van der Waals surface area (Å²) in [7, 11) is 0. The van der Waals surface area contributed by atoms with Gasteiger partial charge >= 0.3 is 0 Å². The second-order valence-corrected chi connectivity index (χ2v) is 5.37. The van der Waals surface area contributed by atoms with E-state index in [-0.39, 0.29) is 0 Å². The molecule has 2 N–H and O–H groups in total. The van der Waals surface area contributed by atoms with Crippen LogP contribution in [0.4, 0.5) is 5.82 Å². The average molecular weight is 268 g/mol. The lowest BCUT2D eigenvalue weighted by Crippen LogP contribution is -2.36. The molecule has 1 saturated heterocycles. The first-order valence-corrected chi connectivity index (χ1v) is 7.15. The fourth-order valence-corrected chi connectivity index (χ4v) is 2.82. The minimum Gasteiger partial charge on any atom is -0.351 e. The Morgan fingerprint density at radius 2 is 2.15 bits per heavy atom. The smallest absolute Gasteiger partial charge is 0.151 e. The lowest BCUT2D eigenvalue weighted by molar-refractivity contribution is 0.668. The van der Waals surface area contributed by atoms with Crippen LogP contribution in [0.2, 0.25) is 0 Å². The van der Waals surface area contributed by atoms with Crippen molar-refractivity contribution >= 4 is 5.82 Å². The molecule has 0 spiro atoms. The molecule has 1 unspecified atom stereocenters. The van der Waals surface area contributed by atoms with Gasteiger partial charge < -0.3 is 10.6 Å². The molecule has 1 aromatic heterocycles. The van der Waals surface area contributed by atoms with Crippen LogP contribution >= 0.6 is 0 Å². The van der Waals surface area contributed by atoms with E-state index in [9.17, 15) is 0 Å². The van der Waals surface area contributed by atoms with Gasteiger partial charge in [-0.2, -0.15) is 0 Å². The maximum absolute atomic E-state index is 5.81. The summed E-state index contributed by atoms with van der Waals surface area (Å²) in [6.07, 6.45) is 2.33. The predicted molar refractivity (Wildman–Crippen MR) is 81.6 cm³/mol. The number of nitrogens with zero attached hydrogens (tertiary/aromatic N) is 3. The molecule has 0 amide bonds. The van der Waals surface area contributed by atoms with E-state index < -0.39 is 0 Å². The Hall–Kier alpha value is -1.94. The van der Waals surface area contributed by atoms with Crippen molar-refractivity contribution in [1.82, 2.24) is 10.2 Å². The number of anilines is 1. The van der Waals surface area contributed by atoms with E-state index in [1.54, 1.807) is 0 Å². The van der Waals surface area contributed by atoms with Gasteiger partial charge in [0.15, 0.2) is 5.82 Å². The number of nitrogens with two attached hydrogens (primary N) is 1. The van der Waals surface area contributed by atoms with E-state index in [1.807, 2.05) is 12.1 Å². The molecule has 4 nitrogen and oxygen atoms in total. The van der Waals surface area contributed by atoms with Crippen LogP contribution in [-0.2, 0) is 0 Å². The molecular formula is C16H20N4. The van der Waals surface area contributed by atoms with Crippen LogP contribution in [0.25, 0.3) is 11.3 Å². The van der Waals surface area contributed by atoms with E-state index in [0.29, 0.717) is 12.6 Å². The Morgan fingerprint density at radius 1 is 1.25 bits per heavy atom. The monoisotopic (exact) mass is 268 g/mol. The highest BCUT2D eigenvalue weighted by Crippen LogP contribution is 2.24. The molecule has 3 rings (SSSR count). The lowest BCUT2D eigenvalue weighted by atomic mass is 10.1. The van der Waals surface area contributed by atoms with Crippen molar-refractivity contribution in [3.8, 4) is 11.3 Å². The summed E-state index contributed by atoms with van der Waals surface area (Å²) in [4.78, 5) is 2.27. The van der Waals surface area contributed by atoms with Crippen LogP contribution in [0.15, 0.2) is 36.4 Å². The zero-order chi connectivity index (χ0) is 13.9. The van der Waals surface area contributed by atoms with Crippen molar-refractivity contribution in [2.45, 2.75) is 25.8 Å². The van der Waals surface area contributed by atoms with Crippen LogP contribution in [0.5, 0.6) is 0 Å². The number of aryl methyl sites for hydroxylation is 1. The van der Waals surface area contributed by atoms with Gasteiger partial charge in [-0.1, -0.05) is 23.8 Å². The normalized spacial score (nSPS) is 18.5. The molecule has 104 valence electrons. The maximum Gasteiger partial charge on any atom is 0.151 e. The molecule has 0 bridgehead atoms. The van der Waals surface area contributed by atoms with Gasteiger partial charge in [-0.25, -0.2) is 0 Å². The van der Waals surface area contributed by atoms with E-state index in [1.165, 1.54) is 12.0 Å². The van der Waals surface area contributed by atoms with E-state index >= 15 is 0 Å². The molecule has 1 aliphatic rings. The molecule has 1 atom stereocenters. The molecule has 2 aromatic rings. The molecule has 1 aliphatic heterocycles. The first-order valence-electron chi connectivity index (χ1n) is 7.15. The van der Waals surface area contributed by atoms with Gasteiger partial charge in [-0.05, 0) is 38.0 Å². The quantitative estimate of drug-likeness (QED) is 0.928. The zero-order valence-electron chi connectivity index (χ0n) is 11.8. The third-order valence-electron chi connectivity index (χ3n) is 3.91. The van der Waals surface area contributed by atoms with Crippen molar-refractivity contribution in [3.63, 3.8) is 0 Å². The number of rotatable bonds is 3. The van der Waals surface area contributed by atoms with Gasteiger partial charge in [0.05, 0.1) is 5.69 Å². The first-order chi connectivity index (χ1) is 9.78. The zero-order valence-corrected chi connectivity index (χ0v) is 11.8. The van der Waals surface area contributed by atoms with Crippen molar-refractivity contribution < 1.29 is 0 Å². The van der Waals surface area contributed by atoms with Crippen LogP contribution in [-0.4, -0.2) is 29.3 Å². The van der Waals surface area contributed by atoms with Crippen LogP contribution < -0.4 is 10.6 Å². The second-order valence-electron chi connectivity index (χ2n) is 5.37. The topological polar surface area (TPSA) is 55.0 Å². The molecule has 4 heteroatoms. The highest BCUT2D eigenvalue weighted by atomic mass is 15.3. The minimum absolute atomic E-state index is 0.411. The van der Waals surface area contributed by atoms with Crippen molar-refractivity contribution in [2.75, 3.05) is 18.0 Å². The second kappa shape index (κ2) is 5.59. The molecule has 0 saturated carbocycles. The Balaban J connectivity index is 1.84. The first kappa shape index (κ1) is 13.1. The third-order valence-corrected chi connectivity index (χ3v) is 3.91. The molecular weight excluding hydrogens is 248 g/mol. The lowest BCUT2D eigenvalue weighted by Gasteiger charge is -2.23. The van der Waals surface area contributed by atoms with Gasteiger partial charge in [-0.15, -0.1) is 10.2 Å². The van der Waals surface area contributed by atoms with Gasteiger partial charge in [0.1, 0.15) is 0 Å². The van der Waals surface area contributed by atoms with Crippen molar-refractivity contribution in [1.29, 1.82) is 0 Å². The van der Waals surface area contributed by atoms with Crippen molar-refractivity contribution in [3.05, 3.63) is 42.0 Å². The highest BCUT2D eigenvalue weighted by Gasteiger charge is 2.24. The van der Waals surface area contributed by atoms with Crippen LogP contribution in [0.3, 0.4) is 0 Å². The standard InChI is InChI=1S/C16H20N4/c1-12-4-2-5-13(10-12)15-7-8-16(19-18-15)20-9-3-6-14(20)11-17/h2,4-5,7-8,10,14H,3,6,9,11,17H2,1H3. The van der Waals surface area contributed by atoms with E-state index in [2.05, 4.69) is 46.3 Å². The molecule has 1 fully saturated rings. The summed E-state index contributed by atoms with van der Waals surface area (Å²) < 4.78 is 0. The Morgan fingerprint density at radius 3 is 2.85 bits per heavy atom. The van der Waals surface area contributed by atoms with Gasteiger partial charge in [0, 0.05) is 24.7 Å². The van der Waals surface area contributed by atoms with E-state index in [4.69, 9.17) is 5.73 Å². The number of hydrogen-bond acceptors (Lipinski definition) is 4. The van der Waals surface area contributed by atoms with Crippen molar-refractivity contribution in [2.24, 2.45) is 5.73 Å². The van der Waals surface area contributed by atoms with E-state index in [0.717, 1.165) is 30.0 Å². The molecule has 2 heterocycles. The van der Waals surface area contributed by atoms with Gasteiger partial charge in [-0.3, -0.25) is 0 Å². The molecule has 20 heavy (non-hydrogen) atoms. The summed E-state index contributed by atoms with van der Waals surface area (Å²) in [5, 5.41) is 8.76. The predicted octanol–water partition coefficient (Wildman–Crippen LogP) is 2.38. The van der Waals surface area contributed by atoms with Gasteiger partial charge in [0.2, 0.25) is 0 Å². The van der Waals surface area contributed by atoms with Crippen LogP contribution in [0.1, 0.15) is 18.4 Å². The number of aromatic nitrogens is 2.